The first-order valence-electron chi connectivity index (χ1n) is 7.82. The van der Waals surface area contributed by atoms with Gasteiger partial charge in [-0.25, -0.2) is 18.5 Å². The Labute approximate surface area is 155 Å². The van der Waals surface area contributed by atoms with Gasteiger partial charge in [-0.2, -0.15) is 5.26 Å². The largest absolute Gasteiger partial charge is 0.347 e. The number of sulfonamides is 1. The van der Waals surface area contributed by atoms with Crippen molar-refractivity contribution in [3.8, 4) is 6.07 Å². The van der Waals surface area contributed by atoms with Crippen LogP contribution in [0.25, 0.3) is 17.1 Å². The van der Waals surface area contributed by atoms with E-state index in [0.717, 1.165) is 5.39 Å². The molecule has 4 N–H and O–H groups in total. The van der Waals surface area contributed by atoms with Crippen molar-refractivity contribution < 1.29 is 13.2 Å². The molecular formula is C18H15N5O3S. The second kappa shape index (κ2) is 7.41. The lowest BCUT2D eigenvalue weighted by atomic mass is 10.1. The topological polar surface area (TPSA) is 142 Å². The summed E-state index contributed by atoms with van der Waals surface area (Å²) in [6, 6.07) is 11.3. The van der Waals surface area contributed by atoms with Crippen LogP contribution in [0, 0.1) is 11.3 Å². The molecule has 0 unspecified atom stereocenters. The number of fused-ring (bicyclic) bond motifs is 1. The van der Waals surface area contributed by atoms with Gasteiger partial charge in [0, 0.05) is 29.9 Å². The summed E-state index contributed by atoms with van der Waals surface area (Å²) in [7, 11) is -3.76. The van der Waals surface area contributed by atoms with E-state index in [2.05, 4.69) is 15.3 Å². The molecule has 2 aromatic heterocycles. The van der Waals surface area contributed by atoms with Gasteiger partial charge in [0.1, 0.15) is 17.3 Å². The fourth-order valence-corrected chi connectivity index (χ4v) is 2.99. The number of rotatable bonds is 5. The molecular weight excluding hydrogens is 366 g/mol. The monoisotopic (exact) mass is 381 g/mol. The number of aromatic amines is 1. The summed E-state index contributed by atoms with van der Waals surface area (Å²) in [5.74, 6) is -0.536. The average molecular weight is 381 g/mol. The van der Waals surface area contributed by atoms with E-state index < -0.39 is 15.9 Å². The molecule has 1 amide bonds. The molecule has 0 radical (unpaired) electrons. The molecule has 0 bridgehead atoms. The molecule has 8 nitrogen and oxygen atoms in total. The van der Waals surface area contributed by atoms with Crippen molar-refractivity contribution in [2.24, 2.45) is 5.14 Å². The fourth-order valence-electron chi connectivity index (χ4n) is 2.48. The van der Waals surface area contributed by atoms with Crippen molar-refractivity contribution in [1.82, 2.24) is 15.3 Å². The third-order valence-electron chi connectivity index (χ3n) is 3.85. The number of nitriles is 1. The molecule has 0 atom stereocenters. The Morgan fingerprint density at radius 3 is 2.70 bits per heavy atom. The lowest BCUT2D eigenvalue weighted by Crippen LogP contribution is -2.24. The molecule has 1 aromatic carbocycles. The highest BCUT2D eigenvalue weighted by atomic mass is 32.2. The molecule has 0 spiro atoms. The van der Waals surface area contributed by atoms with Crippen LogP contribution in [0.15, 0.2) is 59.3 Å². The van der Waals surface area contributed by atoms with Crippen LogP contribution in [-0.4, -0.2) is 24.3 Å². The van der Waals surface area contributed by atoms with E-state index in [-0.39, 0.29) is 17.0 Å². The molecule has 2 heterocycles. The van der Waals surface area contributed by atoms with Crippen LogP contribution < -0.4 is 10.5 Å². The number of nitrogens with zero attached hydrogens (tertiary/aromatic N) is 2. The number of aromatic nitrogens is 2. The van der Waals surface area contributed by atoms with Crippen LogP contribution in [0.3, 0.4) is 0 Å². The van der Waals surface area contributed by atoms with E-state index in [1.165, 1.54) is 18.2 Å². The van der Waals surface area contributed by atoms with Crippen LogP contribution in [-0.2, 0) is 21.4 Å². The number of nitrogens with two attached hydrogens (primary N) is 1. The number of nitrogens with one attached hydrogen (secondary N) is 2. The van der Waals surface area contributed by atoms with Crippen molar-refractivity contribution in [1.29, 1.82) is 5.26 Å². The fraction of sp³-hybridized carbons (Fsp3) is 0.0556. The minimum atomic E-state index is -3.76. The summed E-state index contributed by atoms with van der Waals surface area (Å²) in [4.78, 5) is 19.4. The van der Waals surface area contributed by atoms with Gasteiger partial charge >= 0.3 is 0 Å². The smallest absolute Gasteiger partial charge is 0.262 e. The van der Waals surface area contributed by atoms with Gasteiger partial charge in [-0.05, 0) is 35.9 Å². The first-order valence-corrected chi connectivity index (χ1v) is 9.37. The van der Waals surface area contributed by atoms with Gasteiger partial charge in [0.25, 0.3) is 5.91 Å². The highest BCUT2D eigenvalue weighted by Gasteiger charge is 2.11. The highest BCUT2D eigenvalue weighted by Crippen LogP contribution is 2.18. The maximum Gasteiger partial charge on any atom is 0.262 e. The van der Waals surface area contributed by atoms with Crippen LogP contribution in [0.4, 0.5) is 0 Å². The Balaban J connectivity index is 1.73. The molecule has 3 rings (SSSR count). The second-order valence-electron chi connectivity index (χ2n) is 5.69. The number of benzene rings is 1. The van der Waals surface area contributed by atoms with E-state index in [0.29, 0.717) is 16.8 Å². The van der Waals surface area contributed by atoms with E-state index in [9.17, 15) is 18.5 Å². The number of H-pyrrole nitrogens is 1. The number of pyridine rings is 1. The van der Waals surface area contributed by atoms with Gasteiger partial charge in [0.2, 0.25) is 10.0 Å². The van der Waals surface area contributed by atoms with Crippen molar-refractivity contribution in [3.05, 3.63) is 65.5 Å². The number of carbonyl (C=O) groups excluding carboxylic acids is 1. The van der Waals surface area contributed by atoms with Gasteiger partial charge in [0.05, 0.1) is 4.90 Å². The van der Waals surface area contributed by atoms with Crippen molar-refractivity contribution in [2.75, 3.05) is 0 Å². The quantitative estimate of drug-likeness (QED) is 0.453. The predicted molar refractivity (Wildman–Crippen MR) is 99.3 cm³/mol. The van der Waals surface area contributed by atoms with Crippen molar-refractivity contribution in [2.45, 2.75) is 11.4 Å². The third-order valence-corrected chi connectivity index (χ3v) is 4.78. The van der Waals surface area contributed by atoms with E-state index in [1.807, 2.05) is 12.1 Å². The first kappa shape index (κ1) is 18.3. The summed E-state index contributed by atoms with van der Waals surface area (Å²) in [6.07, 6.45) is 4.81. The summed E-state index contributed by atoms with van der Waals surface area (Å²) in [5, 5.41) is 17.8. The number of amides is 1. The average Bonchev–Trinajstić information content (AvgIpc) is 3.07. The van der Waals surface area contributed by atoms with Gasteiger partial charge in [0.15, 0.2) is 0 Å². The number of carbonyl (C=O) groups is 1. The van der Waals surface area contributed by atoms with Crippen LogP contribution in [0.2, 0.25) is 0 Å². The first-order chi connectivity index (χ1) is 12.9. The zero-order valence-electron chi connectivity index (χ0n) is 14.0. The van der Waals surface area contributed by atoms with Gasteiger partial charge in [-0.15, -0.1) is 0 Å². The standard InChI is InChI=1S/C18H15N5O3S/c19-9-13(8-14-11-22-17-16(14)2-1-7-21-17)18(24)23-10-12-3-5-15(6-4-12)27(20,25)26/h1-8,11H,10H2,(H,21,22)(H,23,24)(H2,20,25,26)/b13-8+. The molecule has 136 valence electrons. The predicted octanol–water partition coefficient (Wildman–Crippen LogP) is 1.43. The molecule has 0 fully saturated rings. The lowest BCUT2D eigenvalue weighted by Gasteiger charge is -2.05. The van der Waals surface area contributed by atoms with Crippen LogP contribution in [0.5, 0.6) is 0 Å². The Morgan fingerprint density at radius 2 is 2.04 bits per heavy atom. The summed E-state index contributed by atoms with van der Waals surface area (Å²) < 4.78 is 22.5. The molecule has 0 aliphatic heterocycles. The summed E-state index contributed by atoms with van der Waals surface area (Å²) in [5.41, 5.74) is 1.96. The van der Waals surface area contributed by atoms with E-state index >= 15 is 0 Å². The normalized spacial score (nSPS) is 11.9. The molecule has 0 saturated heterocycles. The number of primary sulfonamides is 1. The Kier molecular flexibility index (Phi) is 5.03. The molecule has 27 heavy (non-hydrogen) atoms. The Hall–Kier alpha value is -3.48. The van der Waals surface area contributed by atoms with Crippen LogP contribution in [0.1, 0.15) is 11.1 Å². The molecule has 0 saturated carbocycles. The minimum Gasteiger partial charge on any atom is -0.347 e. The molecule has 0 aliphatic rings. The van der Waals surface area contributed by atoms with Crippen molar-refractivity contribution >= 4 is 33.0 Å². The van der Waals surface area contributed by atoms with Gasteiger partial charge < -0.3 is 10.3 Å². The van der Waals surface area contributed by atoms with Gasteiger partial charge in [-0.1, -0.05) is 12.1 Å². The van der Waals surface area contributed by atoms with Crippen molar-refractivity contribution in [3.63, 3.8) is 0 Å². The second-order valence-corrected chi connectivity index (χ2v) is 7.25. The molecule has 9 heteroatoms. The minimum absolute atomic E-state index is 0.0110. The van der Waals surface area contributed by atoms with E-state index in [1.54, 1.807) is 30.6 Å². The van der Waals surface area contributed by atoms with Gasteiger partial charge in [-0.3, -0.25) is 4.79 Å². The lowest BCUT2D eigenvalue weighted by molar-refractivity contribution is -0.117. The summed E-state index contributed by atoms with van der Waals surface area (Å²) >= 11 is 0. The Morgan fingerprint density at radius 1 is 1.30 bits per heavy atom. The maximum absolute atomic E-state index is 12.3. The third kappa shape index (κ3) is 4.20. The zero-order chi connectivity index (χ0) is 19.4. The zero-order valence-corrected chi connectivity index (χ0v) is 14.8. The number of hydrogen-bond acceptors (Lipinski definition) is 5. The van der Waals surface area contributed by atoms with E-state index in [4.69, 9.17) is 5.14 Å². The maximum atomic E-state index is 12.3. The molecule has 3 aromatic rings. The van der Waals surface area contributed by atoms with Crippen LogP contribution >= 0.6 is 0 Å². The molecule has 0 aliphatic carbocycles. The highest BCUT2D eigenvalue weighted by molar-refractivity contribution is 7.89. The number of hydrogen-bond donors (Lipinski definition) is 3. The Bertz CT molecular complexity index is 1170. The summed E-state index contributed by atoms with van der Waals surface area (Å²) in [6.45, 7) is 0.137. The SMILES string of the molecule is N#C/C(=C\c1c[nH]c2ncccc12)C(=O)NCc1ccc(S(N)(=O)=O)cc1.